The molecule has 0 amide bonds. The zero-order chi connectivity index (χ0) is 13.5. The fraction of sp³-hybridized carbons (Fsp3) is 0.467. The quantitative estimate of drug-likeness (QED) is 0.884. The van der Waals surface area contributed by atoms with Crippen molar-refractivity contribution in [2.75, 3.05) is 13.1 Å². The van der Waals surface area contributed by atoms with Crippen LogP contribution in [0, 0.1) is 0 Å². The highest BCUT2D eigenvalue weighted by Crippen LogP contribution is 2.29. The molecule has 4 heteroatoms. The standard InChI is InChI=1S/C15H19NO2S/c1-15(18)6-7-16(9-14(15)17)8-11-10-19-13-5-3-2-4-12(11)13/h2-5,10,14,17-18H,6-9H2,1H3/t14-,15-/m1/s1. The molecule has 0 aliphatic carbocycles. The number of likely N-dealkylation sites (tertiary alicyclic amines) is 1. The maximum atomic E-state index is 9.98. The topological polar surface area (TPSA) is 43.7 Å². The Bertz CT molecular complexity index is 578. The lowest BCUT2D eigenvalue weighted by molar-refractivity contribution is -0.108. The minimum Gasteiger partial charge on any atom is -0.389 e. The molecule has 2 atom stereocenters. The fourth-order valence-corrected chi connectivity index (χ4v) is 3.58. The second-order valence-corrected chi connectivity index (χ2v) is 6.53. The lowest BCUT2D eigenvalue weighted by Gasteiger charge is -2.39. The Hall–Kier alpha value is -0.940. The summed E-state index contributed by atoms with van der Waals surface area (Å²) in [7, 11) is 0. The normalized spacial score (nSPS) is 28.9. The number of piperidine rings is 1. The van der Waals surface area contributed by atoms with Crippen LogP contribution in [0.5, 0.6) is 0 Å². The Morgan fingerprint density at radius 3 is 3.00 bits per heavy atom. The number of hydrogen-bond acceptors (Lipinski definition) is 4. The van der Waals surface area contributed by atoms with Gasteiger partial charge in [-0.3, -0.25) is 4.90 Å². The highest BCUT2D eigenvalue weighted by Gasteiger charge is 2.36. The number of hydrogen-bond donors (Lipinski definition) is 2. The van der Waals surface area contributed by atoms with Gasteiger partial charge < -0.3 is 10.2 Å². The van der Waals surface area contributed by atoms with Gasteiger partial charge in [-0.1, -0.05) is 18.2 Å². The maximum Gasteiger partial charge on any atom is 0.0951 e. The summed E-state index contributed by atoms with van der Waals surface area (Å²) >= 11 is 1.76. The van der Waals surface area contributed by atoms with Gasteiger partial charge in [0.05, 0.1) is 11.7 Å². The molecule has 0 radical (unpaired) electrons. The molecular weight excluding hydrogens is 258 g/mol. The molecule has 2 aromatic rings. The van der Waals surface area contributed by atoms with Crippen LogP contribution < -0.4 is 0 Å². The molecule has 1 fully saturated rings. The van der Waals surface area contributed by atoms with Crippen molar-refractivity contribution in [2.45, 2.75) is 31.6 Å². The molecule has 2 heterocycles. The maximum absolute atomic E-state index is 9.98. The van der Waals surface area contributed by atoms with Crippen LogP contribution in [0.2, 0.25) is 0 Å². The Morgan fingerprint density at radius 1 is 1.42 bits per heavy atom. The van der Waals surface area contributed by atoms with Crippen LogP contribution in [0.3, 0.4) is 0 Å². The zero-order valence-corrected chi connectivity index (χ0v) is 11.9. The molecular formula is C15H19NO2S. The third kappa shape index (κ3) is 2.54. The van der Waals surface area contributed by atoms with E-state index in [-0.39, 0.29) is 0 Å². The Balaban J connectivity index is 1.76. The Labute approximate surface area is 117 Å². The van der Waals surface area contributed by atoms with E-state index >= 15 is 0 Å². The molecule has 3 nitrogen and oxygen atoms in total. The molecule has 1 aliphatic heterocycles. The van der Waals surface area contributed by atoms with Crippen LogP contribution >= 0.6 is 11.3 Å². The van der Waals surface area contributed by atoms with Crippen molar-refractivity contribution in [3.8, 4) is 0 Å². The molecule has 1 aromatic heterocycles. The van der Waals surface area contributed by atoms with E-state index in [1.807, 2.05) is 0 Å². The van der Waals surface area contributed by atoms with Gasteiger partial charge in [-0.05, 0) is 35.7 Å². The largest absolute Gasteiger partial charge is 0.389 e. The molecule has 0 bridgehead atoms. The predicted octanol–water partition coefficient (Wildman–Crippen LogP) is 2.22. The molecule has 0 saturated carbocycles. The summed E-state index contributed by atoms with van der Waals surface area (Å²) in [6.45, 7) is 3.93. The van der Waals surface area contributed by atoms with Gasteiger partial charge in [-0.15, -0.1) is 11.3 Å². The lowest BCUT2D eigenvalue weighted by Crippen LogP contribution is -2.53. The highest BCUT2D eigenvalue weighted by atomic mass is 32.1. The van der Waals surface area contributed by atoms with Crippen molar-refractivity contribution in [3.63, 3.8) is 0 Å². The average molecular weight is 277 g/mol. The van der Waals surface area contributed by atoms with Crippen LogP contribution in [-0.2, 0) is 6.54 Å². The number of thiophene rings is 1. The number of nitrogens with zero attached hydrogens (tertiary/aromatic N) is 1. The fourth-order valence-electron chi connectivity index (χ4n) is 2.62. The summed E-state index contributed by atoms with van der Waals surface area (Å²) in [4.78, 5) is 2.22. The first-order valence-electron chi connectivity index (χ1n) is 6.64. The third-order valence-corrected chi connectivity index (χ3v) is 5.05. The Kier molecular flexibility index (Phi) is 3.35. The third-order valence-electron chi connectivity index (χ3n) is 4.04. The van der Waals surface area contributed by atoms with E-state index in [2.05, 4.69) is 34.5 Å². The lowest BCUT2D eigenvalue weighted by atomic mass is 9.90. The minimum atomic E-state index is -0.937. The summed E-state index contributed by atoms with van der Waals surface area (Å²) < 4.78 is 1.31. The number of aliphatic hydroxyl groups is 2. The first-order chi connectivity index (χ1) is 9.06. The summed E-state index contributed by atoms with van der Waals surface area (Å²) in [5.41, 5.74) is 0.377. The van der Waals surface area contributed by atoms with Crippen LogP contribution in [0.25, 0.3) is 10.1 Å². The summed E-state index contributed by atoms with van der Waals surface area (Å²) in [5.74, 6) is 0. The molecule has 102 valence electrons. The zero-order valence-electron chi connectivity index (χ0n) is 11.0. The Morgan fingerprint density at radius 2 is 2.21 bits per heavy atom. The first kappa shape index (κ1) is 13.1. The predicted molar refractivity (Wildman–Crippen MR) is 78.3 cm³/mol. The number of fused-ring (bicyclic) bond motifs is 1. The van der Waals surface area contributed by atoms with E-state index in [1.165, 1.54) is 15.6 Å². The SMILES string of the molecule is C[C@@]1(O)CCN(Cc2csc3ccccc23)C[C@H]1O. The van der Waals surface area contributed by atoms with E-state index in [0.717, 1.165) is 13.1 Å². The van der Waals surface area contributed by atoms with E-state index in [9.17, 15) is 10.2 Å². The van der Waals surface area contributed by atoms with Crippen molar-refractivity contribution in [1.82, 2.24) is 4.90 Å². The van der Waals surface area contributed by atoms with Crippen molar-refractivity contribution in [3.05, 3.63) is 35.2 Å². The molecule has 0 unspecified atom stereocenters. The second kappa shape index (κ2) is 4.87. The molecule has 2 N–H and O–H groups in total. The van der Waals surface area contributed by atoms with Gasteiger partial charge in [0.25, 0.3) is 0 Å². The van der Waals surface area contributed by atoms with E-state index in [0.29, 0.717) is 13.0 Å². The van der Waals surface area contributed by atoms with Crippen LogP contribution in [0.15, 0.2) is 29.6 Å². The first-order valence-corrected chi connectivity index (χ1v) is 7.52. The van der Waals surface area contributed by atoms with Gasteiger partial charge in [0.2, 0.25) is 0 Å². The van der Waals surface area contributed by atoms with Crippen molar-refractivity contribution in [1.29, 1.82) is 0 Å². The summed E-state index contributed by atoms with van der Waals surface area (Å²) in [5, 5.41) is 23.4. The highest BCUT2D eigenvalue weighted by molar-refractivity contribution is 7.17. The van der Waals surface area contributed by atoms with Gasteiger partial charge in [-0.25, -0.2) is 0 Å². The molecule has 1 saturated heterocycles. The minimum absolute atomic E-state index is 0.539. The average Bonchev–Trinajstić information content (AvgIpc) is 2.78. The molecule has 3 rings (SSSR count). The van der Waals surface area contributed by atoms with Gasteiger partial charge >= 0.3 is 0 Å². The number of aliphatic hydroxyl groups excluding tert-OH is 1. The second-order valence-electron chi connectivity index (χ2n) is 5.62. The smallest absolute Gasteiger partial charge is 0.0951 e. The molecule has 0 spiro atoms. The van der Waals surface area contributed by atoms with Gasteiger partial charge in [-0.2, -0.15) is 0 Å². The van der Waals surface area contributed by atoms with Gasteiger partial charge in [0.15, 0.2) is 0 Å². The number of β-amino-alcohol motifs (C(OH)–C–C–N with tert-alkyl or cyclic N) is 1. The van der Waals surface area contributed by atoms with E-state index in [1.54, 1.807) is 18.3 Å². The monoisotopic (exact) mass is 277 g/mol. The van der Waals surface area contributed by atoms with Crippen LogP contribution in [0.4, 0.5) is 0 Å². The van der Waals surface area contributed by atoms with Gasteiger partial charge in [0.1, 0.15) is 0 Å². The summed E-state index contributed by atoms with van der Waals surface area (Å²) in [6.07, 6.45) is -0.0397. The van der Waals surface area contributed by atoms with Gasteiger partial charge in [0, 0.05) is 24.3 Å². The number of benzene rings is 1. The van der Waals surface area contributed by atoms with Crippen LogP contribution in [0.1, 0.15) is 18.9 Å². The van der Waals surface area contributed by atoms with Crippen LogP contribution in [-0.4, -0.2) is 39.9 Å². The summed E-state index contributed by atoms with van der Waals surface area (Å²) in [6, 6.07) is 8.41. The van der Waals surface area contributed by atoms with Crippen molar-refractivity contribution >= 4 is 21.4 Å². The molecule has 1 aromatic carbocycles. The number of rotatable bonds is 2. The molecule has 19 heavy (non-hydrogen) atoms. The van der Waals surface area contributed by atoms with Crippen molar-refractivity contribution < 1.29 is 10.2 Å². The van der Waals surface area contributed by atoms with E-state index in [4.69, 9.17) is 0 Å². The van der Waals surface area contributed by atoms with E-state index < -0.39 is 11.7 Å². The van der Waals surface area contributed by atoms with Crippen molar-refractivity contribution in [2.24, 2.45) is 0 Å². The molecule has 1 aliphatic rings.